The normalized spacial score (nSPS) is 16.2. The molecule has 0 aliphatic carbocycles. The van der Waals surface area contributed by atoms with Crippen molar-refractivity contribution in [3.63, 3.8) is 0 Å². The maximum absolute atomic E-state index is 11.8. The van der Waals surface area contributed by atoms with Crippen molar-refractivity contribution in [2.24, 2.45) is 0 Å². The predicted molar refractivity (Wildman–Crippen MR) is 71.4 cm³/mol. The number of carbonyl (C=O) groups excluding carboxylic acids is 2. The van der Waals surface area contributed by atoms with Crippen LogP contribution in [-0.2, 0) is 19.4 Å². The quantitative estimate of drug-likeness (QED) is 0.612. The lowest BCUT2D eigenvalue weighted by atomic mass is 10.3. The van der Waals surface area contributed by atoms with Crippen molar-refractivity contribution in [1.29, 1.82) is 0 Å². The summed E-state index contributed by atoms with van der Waals surface area (Å²) in [5, 5.41) is 5.57. The van der Waals surface area contributed by atoms with Gasteiger partial charge in [0.25, 0.3) is 0 Å². The van der Waals surface area contributed by atoms with Gasteiger partial charge in [-0.2, -0.15) is 0 Å². The van der Waals surface area contributed by atoms with Crippen LogP contribution in [0.3, 0.4) is 0 Å². The number of nitrogens with one attached hydrogen (secondary N) is 2. The third-order valence-corrected chi connectivity index (χ3v) is 4.13. The fourth-order valence-electron chi connectivity index (χ4n) is 1.76. The molecule has 1 rings (SSSR count). The molecule has 2 N–H and O–H groups in total. The molecule has 8 heteroatoms. The first kappa shape index (κ1) is 15.9. The van der Waals surface area contributed by atoms with E-state index in [1.165, 1.54) is 4.90 Å². The predicted octanol–water partition coefficient (Wildman–Crippen LogP) is -1.64. The minimum absolute atomic E-state index is 0.426. The van der Waals surface area contributed by atoms with E-state index in [1.807, 2.05) is 6.92 Å². The molecule has 1 fully saturated rings. The summed E-state index contributed by atoms with van der Waals surface area (Å²) in [6.07, 6.45) is 0.742. The van der Waals surface area contributed by atoms with Crippen molar-refractivity contribution in [3.8, 4) is 0 Å². The zero-order valence-electron chi connectivity index (χ0n) is 11.1. The van der Waals surface area contributed by atoms with E-state index in [4.69, 9.17) is 0 Å². The van der Waals surface area contributed by atoms with Crippen LogP contribution in [0, 0.1) is 0 Å². The van der Waals surface area contributed by atoms with Gasteiger partial charge >= 0.3 is 0 Å². The number of hydrogen-bond acceptors (Lipinski definition) is 5. The monoisotopic (exact) mass is 291 g/mol. The Kier molecular flexibility index (Phi) is 6.23. The fraction of sp³-hybridized carbons (Fsp3) is 0.818. The molecule has 0 aromatic rings. The number of hydrogen-bond donors (Lipinski definition) is 2. The zero-order chi connectivity index (χ0) is 14.3. The molecule has 2 amide bonds. The summed E-state index contributed by atoms with van der Waals surface area (Å²) in [7, 11) is -3.68. The smallest absolute Gasteiger partial charge is 0.237 e. The number of amides is 2. The van der Waals surface area contributed by atoms with Crippen LogP contribution >= 0.6 is 0 Å². The van der Waals surface area contributed by atoms with Crippen molar-refractivity contribution >= 4 is 21.7 Å². The summed E-state index contributed by atoms with van der Waals surface area (Å²) < 4.78 is 23.5. The number of carbonyl (C=O) groups is 2. The molecule has 110 valence electrons. The molecule has 0 unspecified atom stereocenters. The molecule has 0 aromatic heterocycles. The van der Waals surface area contributed by atoms with Crippen LogP contribution in [0.5, 0.6) is 0 Å². The van der Waals surface area contributed by atoms with E-state index in [1.54, 1.807) is 0 Å². The third kappa shape index (κ3) is 6.02. The van der Waals surface area contributed by atoms with Crippen molar-refractivity contribution in [1.82, 2.24) is 15.5 Å². The van der Waals surface area contributed by atoms with Crippen LogP contribution < -0.4 is 10.6 Å². The van der Waals surface area contributed by atoms with E-state index in [0.29, 0.717) is 32.7 Å². The Labute approximate surface area is 113 Å². The molecule has 1 aliphatic heterocycles. The standard InChI is InChI=1S/C11H21N3O4S/c1-2-3-13-10(15)8-19(17,18)9-11(16)14-6-4-12-5-7-14/h12H,2-9H2,1H3,(H,13,15). The van der Waals surface area contributed by atoms with Gasteiger partial charge in [-0.05, 0) is 6.42 Å². The van der Waals surface area contributed by atoms with Crippen LogP contribution in [0.2, 0.25) is 0 Å². The van der Waals surface area contributed by atoms with E-state index in [0.717, 1.165) is 6.42 Å². The largest absolute Gasteiger partial charge is 0.355 e. The summed E-state index contributed by atoms with van der Waals surface area (Å²) in [6, 6.07) is 0. The second-order valence-electron chi connectivity index (χ2n) is 4.51. The van der Waals surface area contributed by atoms with E-state index < -0.39 is 33.2 Å². The third-order valence-electron chi connectivity index (χ3n) is 2.74. The number of piperazine rings is 1. The number of sulfone groups is 1. The topological polar surface area (TPSA) is 95.6 Å². The molecule has 1 saturated heterocycles. The molecule has 0 aromatic carbocycles. The Morgan fingerprint density at radius 3 is 2.42 bits per heavy atom. The molecule has 0 spiro atoms. The van der Waals surface area contributed by atoms with Gasteiger partial charge in [-0.3, -0.25) is 9.59 Å². The van der Waals surface area contributed by atoms with E-state index in [-0.39, 0.29) is 0 Å². The molecule has 1 heterocycles. The van der Waals surface area contributed by atoms with Gasteiger partial charge in [0.15, 0.2) is 9.84 Å². The molecule has 0 radical (unpaired) electrons. The summed E-state index contributed by atoms with van der Waals surface area (Å²) in [5.74, 6) is -2.18. The Bertz CT molecular complexity index is 416. The van der Waals surface area contributed by atoms with Gasteiger partial charge in [0.05, 0.1) is 0 Å². The first-order valence-electron chi connectivity index (χ1n) is 6.40. The lowest BCUT2D eigenvalue weighted by molar-refractivity contribution is -0.128. The average molecular weight is 291 g/mol. The summed E-state index contributed by atoms with van der Waals surface area (Å²) in [4.78, 5) is 24.7. The van der Waals surface area contributed by atoms with Crippen LogP contribution in [0.15, 0.2) is 0 Å². The molecule has 1 aliphatic rings. The highest BCUT2D eigenvalue weighted by molar-refractivity contribution is 7.92. The number of nitrogens with zero attached hydrogens (tertiary/aromatic N) is 1. The summed E-state index contributed by atoms with van der Waals surface area (Å²) in [6.45, 7) is 4.68. The minimum atomic E-state index is -3.68. The van der Waals surface area contributed by atoms with Crippen molar-refractivity contribution in [3.05, 3.63) is 0 Å². The average Bonchev–Trinajstić information content (AvgIpc) is 2.36. The van der Waals surface area contributed by atoms with Crippen LogP contribution in [0.1, 0.15) is 13.3 Å². The van der Waals surface area contributed by atoms with Gasteiger partial charge in [-0.15, -0.1) is 0 Å². The van der Waals surface area contributed by atoms with E-state index in [2.05, 4.69) is 10.6 Å². The van der Waals surface area contributed by atoms with Crippen LogP contribution in [0.4, 0.5) is 0 Å². The molecular weight excluding hydrogens is 270 g/mol. The van der Waals surface area contributed by atoms with Gasteiger partial charge in [-0.25, -0.2) is 8.42 Å². The van der Waals surface area contributed by atoms with Gasteiger partial charge in [0.2, 0.25) is 11.8 Å². The summed E-state index contributed by atoms with van der Waals surface area (Å²) >= 11 is 0. The van der Waals surface area contributed by atoms with Crippen LogP contribution in [0.25, 0.3) is 0 Å². The molecule has 0 bridgehead atoms. The summed E-state index contributed by atoms with van der Waals surface area (Å²) in [5.41, 5.74) is 0. The molecule has 0 saturated carbocycles. The van der Waals surface area contributed by atoms with Gasteiger partial charge in [0.1, 0.15) is 11.5 Å². The van der Waals surface area contributed by atoms with E-state index in [9.17, 15) is 18.0 Å². The lowest BCUT2D eigenvalue weighted by Gasteiger charge is -2.27. The van der Waals surface area contributed by atoms with Gasteiger partial charge in [0, 0.05) is 32.7 Å². The fourth-order valence-corrected chi connectivity index (χ4v) is 2.92. The second kappa shape index (κ2) is 7.44. The number of rotatable bonds is 6. The Balaban J connectivity index is 2.44. The lowest BCUT2D eigenvalue weighted by Crippen LogP contribution is -2.48. The SMILES string of the molecule is CCCNC(=O)CS(=O)(=O)CC(=O)N1CCNCC1. The first-order valence-corrected chi connectivity index (χ1v) is 8.22. The maximum atomic E-state index is 11.8. The van der Waals surface area contributed by atoms with E-state index >= 15 is 0 Å². The van der Waals surface area contributed by atoms with Crippen LogP contribution in [-0.4, -0.2) is 69.4 Å². The Morgan fingerprint density at radius 2 is 1.84 bits per heavy atom. The highest BCUT2D eigenvalue weighted by atomic mass is 32.2. The van der Waals surface area contributed by atoms with Crippen molar-refractivity contribution in [2.45, 2.75) is 13.3 Å². The molecule has 0 atom stereocenters. The first-order chi connectivity index (χ1) is 8.94. The molecular formula is C11H21N3O4S. The molecule has 19 heavy (non-hydrogen) atoms. The Hall–Kier alpha value is -1.15. The highest BCUT2D eigenvalue weighted by Crippen LogP contribution is 1.98. The zero-order valence-corrected chi connectivity index (χ0v) is 12.0. The Morgan fingerprint density at radius 1 is 1.21 bits per heavy atom. The highest BCUT2D eigenvalue weighted by Gasteiger charge is 2.24. The van der Waals surface area contributed by atoms with Crippen molar-refractivity contribution < 1.29 is 18.0 Å². The maximum Gasteiger partial charge on any atom is 0.237 e. The minimum Gasteiger partial charge on any atom is -0.355 e. The van der Waals surface area contributed by atoms with Crippen molar-refractivity contribution in [2.75, 3.05) is 44.2 Å². The van der Waals surface area contributed by atoms with Gasteiger partial charge < -0.3 is 15.5 Å². The van der Waals surface area contributed by atoms with Gasteiger partial charge in [-0.1, -0.05) is 6.92 Å². The second-order valence-corrected chi connectivity index (χ2v) is 6.58. The molecule has 7 nitrogen and oxygen atoms in total.